The summed E-state index contributed by atoms with van der Waals surface area (Å²) in [5.41, 5.74) is 0.936. The molecule has 2 aromatic rings. The predicted molar refractivity (Wildman–Crippen MR) is 119 cm³/mol. The first-order chi connectivity index (χ1) is 13.4. The Balaban J connectivity index is 1.62. The molecular formula is C21H31N3O2S2. The van der Waals surface area contributed by atoms with Gasteiger partial charge in [0.15, 0.2) is 0 Å². The highest BCUT2D eigenvalue weighted by atomic mass is 32.2. The SMILES string of the molecule is Cc1sc2nc(CSC(C)C(=O)N(C)C3CCCCCCC3)[nH]c(=O)c2c1C. The minimum absolute atomic E-state index is 0.0759. The number of nitrogens with zero attached hydrogens (tertiary/aromatic N) is 2. The smallest absolute Gasteiger partial charge is 0.259 e. The maximum atomic E-state index is 12.9. The molecule has 0 radical (unpaired) electrons. The fourth-order valence-electron chi connectivity index (χ4n) is 3.93. The molecule has 1 aliphatic carbocycles. The lowest BCUT2D eigenvalue weighted by Gasteiger charge is -2.31. The molecule has 1 saturated carbocycles. The second-order valence-electron chi connectivity index (χ2n) is 7.88. The van der Waals surface area contributed by atoms with Crippen molar-refractivity contribution < 1.29 is 4.79 Å². The van der Waals surface area contributed by atoms with Crippen LogP contribution in [0.2, 0.25) is 0 Å². The van der Waals surface area contributed by atoms with E-state index in [1.54, 1.807) is 23.1 Å². The summed E-state index contributed by atoms with van der Waals surface area (Å²) in [5.74, 6) is 1.37. The summed E-state index contributed by atoms with van der Waals surface area (Å²) < 4.78 is 0. The summed E-state index contributed by atoms with van der Waals surface area (Å²) >= 11 is 3.11. The van der Waals surface area contributed by atoms with Gasteiger partial charge in [0, 0.05) is 18.0 Å². The first-order valence-corrected chi connectivity index (χ1v) is 12.1. The lowest BCUT2D eigenvalue weighted by molar-refractivity contribution is -0.131. The number of aromatic nitrogens is 2. The van der Waals surface area contributed by atoms with Crippen LogP contribution in [0.1, 0.15) is 68.1 Å². The Bertz CT molecular complexity index is 882. The summed E-state index contributed by atoms with van der Waals surface area (Å²) in [6.07, 6.45) is 8.56. The second-order valence-corrected chi connectivity index (χ2v) is 10.4. The first-order valence-electron chi connectivity index (χ1n) is 10.3. The largest absolute Gasteiger partial charge is 0.342 e. The maximum Gasteiger partial charge on any atom is 0.259 e. The molecule has 0 saturated heterocycles. The number of aryl methyl sites for hydroxylation is 2. The van der Waals surface area contributed by atoms with Crippen LogP contribution in [0.4, 0.5) is 0 Å². The highest BCUT2D eigenvalue weighted by molar-refractivity contribution is 7.99. The number of amides is 1. The molecule has 0 bridgehead atoms. The van der Waals surface area contributed by atoms with Crippen molar-refractivity contribution in [3.63, 3.8) is 0 Å². The van der Waals surface area contributed by atoms with Gasteiger partial charge in [-0.15, -0.1) is 23.1 Å². The Hall–Kier alpha value is -1.34. The molecular weight excluding hydrogens is 390 g/mol. The first kappa shape index (κ1) is 21.4. The van der Waals surface area contributed by atoms with Gasteiger partial charge < -0.3 is 9.88 Å². The van der Waals surface area contributed by atoms with E-state index in [4.69, 9.17) is 0 Å². The van der Waals surface area contributed by atoms with Crippen molar-refractivity contribution in [2.75, 3.05) is 7.05 Å². The van der Waals surface area contributed by atoms with E-state index in [0.717, 1.165) is 28.1 Å². The van der Waals surface area contributed by atoms with Crippen molar-refractivity contribution in [1.82, 2.24) is 14.9 Å². The number of nitrogens with one attached hydrogen (secondary N) is 1. The normalized spacial score (nSPS) is 17.3. The number of carbonyl (C=O) groups is 1. The summed E-state index contributed by atoms with van der Waals surface area (Å²) in [6.45, 7) is 5.94. The third-order valence-corrected chi connectivity index (χ3v) is 8.12. The summed E-state index contributed by atoms with van der Waals surface area (Å²) in [7, 11) is 1.95. The van der Waals surface area contributed by atoms with Gasteiger partial charge in [-0.25, -0.2) is 4.98 Å². The zero-order valence-corrected chi connectivity index (χ0v) is 19.0. The van der Waals surface area contributed by atoms with E-state index in [2.05, 4.69) is 9.97 Å². The Labute approximate surface area is 175 Å². The van der Waals surface area contributed by atoms with Crippen molar-refractivity contribution in [1.29, 1.82) is 0 Å². The number of hydrogen-bond donors (Lipinski definition) is 1. The number of rotatable bonds is 5. The van der Waals surface area contributed by atoms with Crippen LogP contribution in [-0.2, 0) is 10.5 Å². The molecule has 1 fully saturated rings. The molecule has 1 N–H and O–H groups in total. The van der Waals surface area contributed by atoms with E-state index in [-0.39, 0.29) is 16.7 Å². The quantitative estimate of drug-likeness (QED) is 0.753. The molecule has 28 heavy (non-hydrogen) atoms. The Morgan fingerprint density at radius 1 is 1.25 bits per heavy atom. The van der Waals surface area contributed by atoms with E-state index >= 15 is 0 Å². The van der Waals surface area contributed by atoms with Crippen molar-refractivity contribution in [3.8, 4) is 0 Å². The lowest BCUT2D eigenvalue weighted by Crippen LogP contribution is -2.41. The summed E-state index contributed by atoms with van der Waals surface area (Å²) in [4.78, 5) is 36.7. The number of aromatic amines is 1. The summed E-state index contributed by atoms with van der Waals surface area (Å²) in [5, 5.41) is 0.549. The van der Waals surface area contributed by atoms with Crippen LogP contribution >= 0.6 is 23.1 Å². The number of fused-ring (bicyclic) bond motifs is 1. The van der Waals surface area contributed by atoms with Crippen molar-refractivity contribution in [3.05, 3.63) is 26.6 Å². The molecule has 154 valence electrons. The molecule has 0 aliphatic heterocycles. The fraction of sp³-hybridized carbons (Fsp3) is 0.667. The van der Waals surface area contributed by atoms with Gasteiger partial charge in [0.25, 0.3) is 5.56 Å². The number of thiophene rings is 1. The molecule has 7 heteroatoms. The molecule has 1 amide bonds. The van der Waals surface area contributed by atoms with Crippen LogP contribution in [0.3, 0.4) is 0 Å². The molecule has 2 heterocycles. The maximum absolute atomic E-state index is 12.9. The van der Waals surface area contributed by atoms with Crippen molar-refractivity contribution in [2.45, 2.75) is 82.8 Å². The zero-order valence-electron chi connectivity index (χ0n) is 17.3. The lowest BCUT2D eigenvalue weighted by atomic mass is 9.96. The van der Waals surface area contributed by atoms with Gasteiger partial charge in [-0.3, -0.25) is 9.59 Å². The third kappa shape index (κ3) is 4.79. The molecule has 1 atom stereocenters. The standard InChI is InChI=1S/C21H31N3O2S2/c1-13-14(2)28-20-18(13)19(25)22-17(23-20)12-27-15(3)21(26)24(4)16-10-8-6-5-7-9-11-16/h15-16H,5-12H2,1-4H3,(H,22,23,25). The predicted octanol–water partition coefficient (Wildman–Crippen LogP) is 4.79. The van der Waals surface area contributed by atoms with Gasteiger partial charge in [-0.2, -0.15) is 0 Å². The average Bonchev–Trinajstić information content (AvgIpc) is 2.92. The van der Waals surface area contributed by atoms with Crippen molar-refractivity contribution >= 4 is 39.2 Å². The van der Waals surface area contributed by atoms with E-state index in [1.165, 1.54) is 32.1 Å². The monoisotopic (exact) mass is 421 g/mol. The Kier molecular flexibility index (Phi) is 7.20. The average molecular weight is 422 g/mol. The number of thioether (sulfide) groups is 1. The highest BCUT2D eigenvalue weighted by Crippen LogP contribution is 2.27. The number of H-pyrrole nitrogens is 1. The highest BCUT2D eigenvalue weighted by Gasteiger charge is 2.25. The molecule has 0 spiro atoms. The van der Waals surface area contributed by atoms with Crippen LogP contribution in [0.25, 0.3) is 10.2 Å². The minimum Gasteiger partial charge on any atom is -0.342 e. The minimum atomic E-state index is -0.150. The Morgan fingerprint density at radius 3 is 2.57 bits per heavy atom. The van der Waals surface area contributed by atoms with Gasteiger partial charge in [-0.1, -0.05) is 32.1 Å². The fourth-order valence-corrected chi connectivity index (χ4v) is 5.83. The van der Waals surface area contributed by atoms with E-state index in [1.807, 2.05) is 32.7 Å². The van der Waals surface area contributed by atoms with Gasteiger partial charge in [0.2, 0.25) is 5.91 Å². The van der Waals surface area contributed by atoms with Gasteiger partial charge in [-0.05, 0) is 39.2 Å². The molecule has 1 unspecified atom stereocenters. The van der Waals surface area contributed by atoms with Gasteiger partial charge in [0.05, 0.1) is 16.4 Å². The van der Waals surface area contributed by atoms with E-state index < -0.39 is 0 Å². The molecule has 5 nitrogen and oxygen atoms in total. The summed E-state index contributed by atoms with van der Waals surface area (Å²) in [6, 6.07) is 0.363. The van der Waals surface area contributed by atoms with Gasteiger partial charge >= 0.3 is 0 Å². The van der Waals surface area contributed by atoms with Gasteiger partial charge in [0.1, 0.15) is 10.7 Å². The van der Waals surface area contributed by atoms with Crippen LogP contribution < -0.4 is 5.56 Å². The van der Waals surface area contributed by atoms with Crippen molar-refractivity contribution in [2.24, 2.45) is 0 Å². The number of carbonyl (C=O) groups excluding carboxylic acids is 1. The molecule has 1 aliphatic rings. The third-order valence-electron chi connectivity index (χ3n) is 5.88. The van der Waals surface area contributed by atoms with Crippen LogP contribution in [0.5, 0.6) is 0 Å². The molecule has 3 rings (SSSR count). The van der Waals surface area contributed by atoms with E-state index in [9.17, 15) is 9.59 Å². The van der Waals surface area contributed by atoms with Crippen LogP contribution in [0.15, 0.2) is 4.79 Å². The van der Waals surface area contributed by atoms with E-state index in [0.29, 0.717) is 23.0 Å². The second kappa shape index (κ2) is 9.44. The molecule has 2 aromatic heterocycles. The topological polar surface area (TPSA) is 66.1 Å². The Morgan fingerprint density at radius 2 is 1.89 bits per heavy atom. The number of hydrogen-bond acceptors (Lipinski definition) is 5. The zero-order chi connectivity index (χ0) is 20.3. The van der Waals surface area contributed by atoms with Crippen LogP contribution in [0, 0.1) is 13.8 Å². The molecule has 0 aromatic carbocycles. The van der Waals surface area contributed by atoms with Crippen LogP contribution in [-0.4, -0.2) is 39.1 Å².